The van der Waals surface area contributed by atoms with Crippen molar-refractivity contribution in [3.05, 3.63) is 58.9 Å². The molecule has 2 aliphatic rings. The molecule has 0 N–H and O–H groups in total. The number of rotatable bonds is 5. The van der Waals surface area contributed by atoms with E-state index in [4.69, 9.17) is 26.1 Å². The number of nitrogens with zero attached hydrogens (tertiary/aromatic N) is 1. The van der Waals surface area contributed by atoms with Crippen molar-refractivity contribution < 1.29 is 23.5 Å². The molecular weight excluding hydrogens is 398 g/mol. The van der Waals surface area contributed by atoms with Crippen molar-refractivity contribution in [1.82, 2.24) is 4.90 Å². The Morgan fingerprint density at radius 3 is 2.82 bits per heavy atom. The highest BCUT2D eigenvalue weighted by Gasteiger charge is 2.34. The summed E-state index contributed by atoms with van der Waals surface area (Å²) >= 11 is 6.65. The number of hydrogen-bond acceptors (Lipinski definition) is 7. The Kier molecular flexibility index (Phi) is 5.61. The third-order valence-corrected chi connectivity index (χ3v) is 5.77. The second-order valence-corrected chi connectivity index (χ2v) is 8.04. The van der Waals surface area contributed by atoms with Crippen LogP contribution >= 0.6 is 24.0 Å². The van der Waals surface area contributed by atoms with Crippen molar-refractivity contribution in [2.24, 2.45) is 0 Å². The summed E-state index contributed by atoms with van der Waals surface area (Å²) in [6.45, 7) is 1.25. The van der Waals surface area contributed by atoms with E-state index < -0.39 is 5.97 Å². The number of thiocarbonyl (C=S) groups is 1. The monoisotopic (exact) mass is 415 g/mol. The summed E-state index contributed by atoms with van der Waals surface area (Å²) in [5.74, 6) is -0.130. The highest BCUT2D eigenvalue weighted by molar-refractivity contribution is 8.26. The maximum absolute atomic E-state index is 12.7. The second-order valence-electron chi connectivity index (χ2n) is 6.36. The summed E-state index contributed by atoms with van der Waals surface area (Å²) in [6.07, 6.45) is 5.23. The van der Waals surface area contributed by atoms with E-state index in [1.54, 1.807) is 41.3 Å². The van der Waals surface area contributed by atoms with Crippen LogP contribution in [0.25, 0.3) is 6.08 Å². The van der Waals surface area contributed by atoms with Gasteiger partial charge in [0.15, 0.2) is 0 Å². The number of furan rings is 1. The van der Waals surface area contributed by atoms with Crippen LogP contribution in [0.15, 0.2) is 52.0 Å². The number of thioether (sulfide) groups is 1. The Balaban J connectivity index is 1.41. The van der Waals surface area contributed by atoms with Crippen LogP contribution in [0, 0.1) is 0 Å². The lowest BCUT2D eigenvalue weighted by Gasteiger charge is -2.18. The molecule has 1 aromatic carbocycles. The largest absolute Gasteiger partial charge is 0.457 e. The maximum Gasteiger partial charge on any atom is 0.379 e. The summed E-state index contributed by atoms with van der Waals surface area (Å²) in [5.41, 5.74) is 0.815. The summed E-state index contributed by atoms with van der Waals surface area (Å²) in [5, 5.41) is 0. The number of esters is 1. The Hall–Kier alpha value is -2.42. The average Bonchev–Trinajstić information content (AvgIpc) is 3.44. The summed E-state index contributed by atoms with van der Waals surface area (Å²) in [6, 6.07) is 10.0. The Bertz CT molecular complexity index is 915. The van der Waals surface area contributed by atoms with Crippen molar-refractivity contribution in [3.8, 4) is 5.75 Å². The van der Waals surface area contributed by atoms with Crippen molar-refractivity contribution in [2.75, 3.05) is 13.2 Å². The fourth-order valence-corrected chi connectivity index (χ4v) is 4.26. The molecule has 2 aromatic rings. The van der Waals surface area contributed by atoms with Crippen molar-refractivity contribution in [3.63, 3.8) is 0 Å². The Morgan fingerprint density at radius 2 is 2.14 bits per heavy atom. The molecule has 28 heavy (non-hydrogen) atoms. The quantitative estimate of drug-likeness (QED) is 0.318. The van der Waals surface area contributed by atoms with Crippen LogP contribution in [-0.4, -0.2) is 40.4 Å². The molecule has 0 unspecified atom stereocenters. The van der Waals surface area contributed by atoms with Gasteiger partial charge < -0.3 is 13.9 Å². The van der Waals surface area contributed by atoms with E-state index in [-0.39, 0.29) is 17.8 Å². The van der Waals surface area contributed by atoms with E-state index in [0.717, 1.165) is 25.0 Å². The van der Waals surface area contributed by atoms with Gasteiger partial charge in [-0.15, -0.1) is 0 Å². The van der Waals surface area contributed by atoms with Crippen molar-refractivity contribution in [2.45, 2.75) is 18.9 Å². The van der Waals surface area contributed by atoms with Gasteiger partial charge in [0.25, 0.3) is 5.91 Å². The molecule has 144 valence electrons. The van der Waals surface area contributed by atoms with Crippen LogP contribution in [0.1, 0.15) is 29.0 Å². The third-order valence-electron chi connectivity index (χ3n) is 4.39. The smallest absolute Gasteiger partial charge is 0.379 e. The summed E-state index contributed by atoms with van der Waals surface area (Å²) in [4.78, 5) is 26.7. The molecule has 0 saturated carbocycles. The van der Waals surface area contributed by atoms with Gasteiger partial charge in [-0.1, -0.05) is 36.1 Å². The van der Waals surface area contributed by atoms with E-state index in [1.165, 1.54) is 24.1 Å². The molecule has 4 rings (SSSR count). The Morgan fingerprint density at radius 1 is 1.32 bits per heavy atom. The van der Waals surface area contributed by atoms with E-state index in [0.29, 0.717) is 21.5 Å². The zero-order valence-electron chi connectivity index (χ0n) is 14.8. The minimum absolute atomic E-state index is 0.0602. The van der Waals surface area contributed by atoms with Gasteiger partial charge in [0.05, 0.1) is 23.8 Å². The van der Waals surface area contributed by atoms with E-state index in [2.05, 4.69) is 0 Å². The average molecular weight is 415 g/mol. The topological polar surface area (TPSA) is 69.0 Å². The molecule has 6 nitrogen and oxygen atoms in total. The van der Waals surface area contributed by atoms with Gasteiger partial charge in [0.2, 0.25) is 5.76 Å². The molecule has 1 atom stereocenters. The molecule has 1 aromatic heterocycles. The van der Waals surface area contributed by atoms with Gasteiger partial charge in [-0.3, -0.25) is 9.69 Å². The molecule has 8 heteroatoms. The normalized spacial score (nSPS) is 20.9. The lowest BCUT2D eigenvalue weighted by molar-refractivity contribution is -0.123. The van der Waals surface area contributed by atoms with Gasteiger partial charge in [0.1, 0.15) is 10.1 Å². The standard InChI is InChI=1S/C20H17NO5S2/c22-18-17(28-20(27)21(18)12-15-3-1-9-24-15)11-13-5-7-14(8-6-13)26-19(23)16-4-2-10-25-16/h2,4-8,10-11,15H,1,3,9,12H2/b17-11-/t15-/m1/s1. The number of hydrogen-bond donors (Lipinski definition) is 0. The first-order valence-electron chi connectivity index (χ1n) is 8.83. The number of benzene rings is 1. The van der Waals surface area contributed by atoms with E-state index in [9.17, 15) is 9.59 Å². The van der Waals surface area contributed by atoms with Gasteiger partial charge in [0, 0.05) is 6.61 Å². The summed E-state index contributed by atoms with van der Waals surface area (Å²) in [7, 11) is 0. The first-order chi connectivity index (χ1) is 13.6. The molecular formula is C20H17NO5S2. The second kappa shape index (κ2) is 8.30. The van der Waals surface area contributed by atoms with E-state index >= 15 is 0 Å². The van der Waals surface area contributed by atoms with Gasteiger partial charge >= 0.3 is 5.97 Å². The highest BCUT2D eigenvalue weighted by atomic mass is 32.2. The lowest BCUT2D eigenvalue weighted by Crippen LogP contribution is -2.35. The first-order valence-corrected chi connectivity index (χ1v) is 10.1. The Labute approximate surface area is 171 Å². The third kappa shape index (κ3) is 4.19. The van der Waals surface area contributed by atoms with E-state index in [1.807, 2.05) is 0 Å². The summed E-state index contributed by atoms with van der Waals surface area (Å²) < 4.78 is 16.4. The minimum atomic E-state index is -0.562. The van der Waals surface area contributed by atoms with Crippen molar-refractivity contribution >= 4 is 46.3 Å². The molecule has 2 fully saturated rings. The lowest BCUT2D eigenvalue weighted by atomic mass is 10.2. The predicted octanol–water partition coefficient (Wildman–Crippen LogP) is 3.88. The molecule has 1 amide bonds. The fourth-order valence-electron chi connectivity index (χ4n) is 2.98. The zero-order valence-corrected chi connectivity index (χ0v) is 16.5. The minimum Gasteiger partial charge on any atom is -0.457 e. The maximum atomic E-state index is 12.7. The molecule has 2 aliphatic heterocycles. The van der Waals surface area contributed by atoms with Crippen LogP contribution in [-0.2, 0) is 9.53 Å². The van der Waals surface area contributed by atoms with Crippen LogP contribution in [0.4, 0.5) is 0 Å². The van der Waals surface area contributed by atoms with Crippen LogP contribution in [0.3, 0.4) is 0 Å². The fraction of sp³-hybridized carbons (Fsp3) is 0.250. The zero-order chi connectivity index (χ0) is 19.5. The first kappa shape index (κ1) is 18.9. The molecule has 0 aliphatic carbocycles. The SMILES string of the molecule is O=C(Oc1ccc(/C=C2\SC(=S)N(C[C@H]3CCCO3)C2=O)cc1)c1ccco1. The molecule has 0 bridgehead atoms. The van der Waals surface area contributed by atoms with Crippen LogP contribution in [0.2, 0.25) is 0 Å². The number of amides is 1. The van der Waals surface area contributed by atoms with Gasteiger partial charge in [-0.2, -0.15) is 0 Å². The van der Waals surface area contributed by atoms with Crippen molar-refractivity contribution in [1.29, 1.82) is 0 Å². The number of carbonyl (C=O) groups is 2. The van der Waals surface area contributed by atoms with Gasteiger partial charge in [-0.05, 0) is 48.7 Å². The number of ether oxygens (including phenoxy) is 2. The predicted molar refractivity (Wildman–Crippen MR) is 109 cm³/mol. The molecule has 0 radical (unpaired) electrons. The molecule has 2 saturated heterocycles. The van der Waals surface area contributed by atoms with Crippen LogP contribution < -0.4 is 4.74 Å². The molecule has 3 heterocycles. The van der Waals surface area contributed by atoms with Gasteiger partial charge in [-0.25, -0.2) is 4.79 Å². The van der Waals surface area contributed by atoms with Crippen LogP contribution in [0.5, 0.6) is 5.75 Å². The highest BCUT2D eigenvalue weighted by Crippen LogP contribution is 2.33. The molecule has 0 spiro atoms. The number of carbonyl (C=O) groups excluding carboxylic acids is 2.